The first kappa shape index (κ1) is 32.8. The summed E-state index contributed by atoms with van der Waals surface area (Å²) in [4.78, 5) is 52.6. The Labute approximate surface area is 295 Å². The minimum atomic E-state index is -0.756. The van der Waals surface area contributed by atoms with Gasteiger partial charge in [0.1, 0.15) is 17.2 Å². The van der Waals surface area contributed by atoms with Gasteiger partial charge in [-0.25, -0.2) is 14.4 Å². The fourth-order valence-corrected chi connectivity index (χ4v) is 5.69. The summed E-state index contributed by atoms with van der Waals surface area (Å²) in [6.45, 7) is 2.11. The Balaban J connectivity index is 1.10. The van der Waals surface area contributed by atoms with Crippen LogP contribution in [0.2, 0.25) is 0 Å². The monoisotopic (exact) mass is 684 g/mol. The van der Waals surface area contributed by atoms with Gasteiger partial charge in [-0.2, -0.15) is 0 Å². The minimum absolute atomic E-state index is 0.0230. The van der Waals surface area contributed by atoms with Crippen LogP contribution in [0.15, 0.2) is 128 Å². The number of anilines is 3. The van der Waals surface area contributed by atoms with Crippen LogP contribution in [-0.4, -0.2) is 73.8 Å². The summed E-state index contributed by atoms with van der Waals surface area (Å²) in [5.74, 6) is -1.36. The molecule has 0 radical (unpaired) electrons. The van der Waals surface area contributed by atoms with E-state index in [0.717, 1.165) is 17.1 Å². The molecule has 0 unspecified atom stereocenters. The number of nitrogens with zero attached hydrogens (tertiary/aromatic N) is 6. The molecule has 0 bridgehead atoms. The third-order valence-electron chi connectivity index (χ3n) is 8.41. The molecular formula is C39H36N6O6. The number of esters is 3. The van der Waals surface area contributed by atoms with Crippen molar-refractivity contribution in [3.8, 4) is 17.2 Å². The number of carbonyl (C=O) groups excluding carboxylic acids is 3. The molecule has 3 aliphatic rings. The van der Waals surface area contributed by atoms with E-state index < -0.39 is 17.9 Å². The van der Waals surface area contributed by atoms with E-state index >= 15 is 0 Å². The lowest BCUT2D eigenvalue weighted by Gasteiger charge is -2.18. The summed E-state index contributed by atoms with van der Waals surface area (Å²) in [5.41, 5.74) is 2.72. The summed E-state index contributed by atoms with van der Waals surface area (Å²) in [6.07, 6.45) is 11.8. The lowest BCUT2D eigenvalue weighted by Crippen LogP contribution is -2.21. The summed E-state index contributed by atoms with van der Waals surface area (Å²) < 4.78 is 17.0. The second-order valence-electron chi connectivity index (χ2n) is 12.4. The van der Waals surface area contributed by atoms with E-state index in [9.17, 15) is 14.4 Å². The van der Waals surface area contributed by atoms with Gasteiger partial charge in [-0.3, -0.25) is 0 Å². The molecule has 7 rings (SSSR count). The smallest absolute Gasteiger partial charge is 0.343 e. The maximum Gasteiger partial charge on any atom is 0.343 e. The zero-order valence-electron chi connectivity index (χ0n) is 28.4. The van der Waals surface area contributed by atoms with Gasteiger partial charge in [0.05, 0.1) is 36.7 Å². The Morgan fingerprint density at radius 1 is 0.412 bits per heavy atom. The summed E-state index contributed by atoms with van der Waals surface area (Å²) in [5, 5.41) is 0. The third kappa shape index (κ3) is 7.65. The van der Waals surface area contributed by atoms with Crippen molar-refractivity contribution in [2.24, 2.45) is 0 Å². The number of hydrogen-bond acceptors (Lipinski definition) is 12. The van der Waals surface area contributed by atoms with Crippen molar-refractivity contribution in [3.63, 3.8) is 0 Å². The van der Waals surface area contributed by atoms with Gasteiger partial charge in [0.15, 0.2) is 0 Å². The summed E-state index contributed by atoms with van der Waals surface area (Å²) in [6, 6.07) is 25.2. The van der Waals surface area contributed by atoms with Crippen LogP contribution in [0, 0.1) is 0 Å². The Bertz CT molecular complexity index is 1780. The minimum Gasteiger partial charge on any atom is -0.423 e. The molecule has 0 spiro atoms. The van der Waals surface area contributed by atoms with Crippen molar-refractivity contribution in [2.45, 2.75) is 0 Å². The molecule has 4 aromatic rings. The highest BCUT2D eigenvalue weighted by Crippen LogP contribution is 2.27. The Hall–Kier alpha value is -6.69. The van der Waals surface area contributed by atoms with Crippen molar-refractivity contribution in [1.82, 2.24) is 14.7 Å². The van der Waals surface area contributed by atoms with Crippen LogP contribution in [-0.2, 0) is 0 Å². The predicted molar refractivity (Wildman–Crippen MR) is 193 cm³/mol. The predicted octanol–water partition coefficient (Wildman–Crippen LogP) is 5.89. The Morgan fingerprint density at radius 3 is 0.882 bits per heavy atom. The molecule has 0 N–H and O–H groups in total. The van der Waals surface area contributed by atoms with Crippen LogP contribution in [0.3, 0.4) is 0 Å². The summed E-state index contributed by atoms with van der Waals surface area (Å²) >= 11 is 0. The quantitative estimate of drug-likeness (QED) is 0.155. The fraction of sp³-hybridized carbons (Fsp3) is 0.154. The molecule has 0 saturated carbocycles. The Morgan fingerprint density at radius 2 is 0.667 bits per heavy atom. The number of rotatable bonds is 9. The third-order valence-corrected chi connectivity index (χ3v) is 8.41. The molecule has 12 heteroatoms. The van der Waals surface area contributed by atoms with Crippen LogP contribution in [0.4, 0.5) is 17.1 Å². The SMILES string of the molecule is CN1C=CN(c2ccc(OC(=O)c3cc(C(=O)Oc4ccc(N5C=CN(C)C5)cc4)cc(C(=O)Oc4ccc(N5C=CN(C)C5)cc4)c3)cc2)C1. The fourth-order valence-electron chi connectivity index (χ4n) is 5.69. The number of carbonyl (C=O) groups is 3. The summed E-state index contributed by atoms with van der Waals surface area (Å²) in [7, 11) is 5.93. The van der Waals surface area contributed by atoms with Crippen LogP contribution in [0.5, 0.6) is 17.2 Å². The van der Waals surface area contributed by atoms with Gasteiger partial charge in [-0.05, 0) is 91.0 Å². The molecule has 51 heavy (non-hydrogen) atoms. The Kier molecular flexibility index (Phi) is 9.04. The van der Waals surface area contributed by atoms with Crippen molar-refractivity contribution in [1.29, 1.82) is 0 Å². The first-order valence-electron chi connectivity index (χ1n) is 16.2. The van der Waals surface area contributed by atoms with E-state index in [1.54, 1.807) is 36.4 Å². The molecule has 0 fully saturated rings. The average Bonchev–Trinajstić information content (AvgIpc) is 3.90. The number of benzene rings is 4. The molecule has 0 aliphatic carbocycles. The van der Waals surface area contributed by atoms with Crippen molar-refractivity contribution in [2.75, 3.05) is 55.8 Å². The van der Waals surface area contributed by atoms with Crippen LogP contribution >= 0.6 is 0 Å². The number of ether oxygens (including phenoxy) is 3. The van der Waals surface area contributed by atoms with Gasteiger partial charge in [0, 0.05) is 75.4 Å². The largest absolute Gasteiger partial charge is 0.423 e. The van der Waals surface area contributed by atoms with E-state index in [2.05, 4.69) is 0 Å². The lowest BCUT2D eigenvalue weighted by atomic mass is 10.1. The molecule has 0 amide bonds. The van der Waals surface area contributed by atoms with Gasteiger partial charge >= 0.3 is 17.9 Å². The van der Waals surface area contributed by atoms with Gasteiger partial charge < -0.3 is 43.6 Å². The van der Waals surface area contributed by atoms with E-state index in [1.807, 2.05) is 124 Å². The molecule has 0 saturated heterocycles. The van der Waals surface area contributed by atoms with Crippen molar-refractivity contribution < 1.29 is 28.6 Å². The molecule has 3 aliphatic heterocycles. The van der Waals surface area contributed by atoms with Gasteiger partial charge in [0.25, 0.3) is 0 Å². The van der Waals surface area contributed by atoms with Crippen LogP contribution in [0.1, 0.15) is 31.1 Å². The molecular weight excluding hydrogens is 648 g/mol. The highest BCUT2D eigenvalue weighted by Gasteiger charge is 2.21. The lowest BCUT2D eigenvalue weighted by molar-refractivity contribution is 0.0734. The molecule has 12 nitrogen and oxygen atoms in total. The topological polar surface area (TPSA) is 98.3 Å². The molecule has 0 atom stereocenters. The zero-order valence-corrected chi connectivity index (χ0v) is 28.4. The normalized spacial score (nSPS) is 14.9. The van der Waals surface area contributed by atoms with Gasteiger partial charge in [-0.1, -0.05) is 0 Å². The highest BCUT2D eigenvalue weighted by molar-refractivity contribution is 6.02. The molecule has 4 aromatic carbocycles. The van der Waals surface area contributed by atoms with E-state index in [4.69, 9.17) is 14.2 Å². The standard InChI is InChI=1S/C39H36N6O6/c1-40-16-19-43(25-40)31-4-10-34(11-5-31)49-37(46)28-22-29(38(47)50-35-12-6-32(7-13-35)44-20-17-41(2)26-44)24-30(23-28)39(48)51-36-14-8-33(9-15-36)45-21-18-42(3)27-45/h4-24H,25-27H2,1-3H3. The first-order chi connectivity index (χ1) is 24.7. The van der Waals surface area contributed by atoms with Crippen LogP contribution < -0.4 is 28.9 Å². The van der Waals surface area contributed by atoms with Crippen molar-refractivity contribution in [3.05, 3.63) is 145 Å². The average molecular weight is 685 g/mol. The van der Waals surface area contributed by atoms with E-state index in [0.29, 0.717) is 37.3 Å². The zero-order chi connectivity index (χ0) is 35.5. The maximum atomic E-state index is 13.5. The molecule has 258 valence electrons. The highest BCUT2D eigenvalue weighted by atomic mass is 16.5. The van der Waals surface area contributed by atoms with Gasteiger partial charge in [0.2, 0.25) is 0 Å². The maximum absolute atomic E-state index is 13.5. The second-order valence-corrected chi connectivity index (χ2v) is 12.4. The van der Waals surface area contributed by atoms with Gasteiger partial charge in [-0.15, -0.1) is 0 Å². The van der Waals surface area contributed by atoms with E-state index in [-0.39, 0.29) is 16.7 Å². The first-order valence-corrected chi connectivity index (χ1v) is 16.2. The van der Waals surface area contributed by atoms with E-state index in [1.165, 1.54) is 18.2 Å². The van der Waals surface area contributed by atoms with Crippen LogP contribution in [0.25, 0.3) is 0 Å². The second kappa shape index (κ2) is 14.0. The van der Waals surface area contributed by atoms with Crippen molar-refractivity contribution >= 4 is 35.0 Å². The number of hydrogen-bond donors (Lipinski definition) is 0. The molecule has 0 aromatic heterocycles. The molecule has 3 heterocycles.